The van der Waals surface area contributed by atoms with E-state index in [4.69, 9.17) is 11.5 Å². The maximum Gasteiger partial charge on any atom is 0.192 e. The van der Waals surface area contributed by atoms with Crippen molar-refractivity contribution in [3.8, 4) is 11.5 Å². The van der Waals surface area contributed by atoms with Gasteiger partial charge >= 0.3 is 0 Å². The highest BCUT2D eigenvalue weighted by Gasteiger charge is 2.19. The molecule has 4 rings (SSSR count). The third-order valence-electron chi connectivity index (χ3n) is 4.03. The van der Waals surface area contributed by atoms with Crippen LogP contribution >= 0.6 is 0 Å². The van der Waals surface area contributed by atoms with Crippen molar-refractivity contribution in [3.63, 3.8) is 0 Å². The number of aromatic nitrogens is 5. The molecule has 10 heteroatoms. The molecule has 0 saturated carbocycles. The average Bonchev–Trinajstić information content (AvgIpc) is 3.02. The van der Waals surface area contributed by atoms with Gasteiger partial charge in [-0.05, 0) is 23.4 Å². The van der Waals surface area contributed by atoms with E-state index in [2.05, 4.69) is 25.2 Å². The molecule has 3 aromatic heterocycles. The topological polar surface area (TPSA) is 138 Å². The number of rotatable bonds is 4. The van der Waals surface area contributed by atoms with Crippen LogP contribution in [0.2, 0.25) is 0 Å². The van der Waals surface area contributed by atoms with Gasteiger partial charge in [-0.25, -0.2) is 24.0 Å². The standard InChI is InChI=1S/C17H13FN8O/c18-11-6-2-1-4-9(11)8-26-17-10(5-3-7-21-17)12(24-26)16-22-14(19)13(25-27)15(20)23-16/h1-7H,8H2,(H4,19,20,22,23). The fourth-order valence-electron chi connectivity index (χ4n) is 2.76. The molecule has 3 heterocycles. The van der Waals surface area contributed by atoms with Gasteiger partial charge in [0.15, 0.2) is 28.8 Å². The predicted octanol–water partition coefficient (Wildman–Crippen LogP) is 2.64. The van der Waals surface area contributed by atoms with Gasteiger partial charge in [0.05, 0.1) is 11.9 Å². The van der Waals surface area contributed by atoms with Crippen LogP contribution in [0.1, 0.15) is 5.56 Å². The van der Waals surface area contributed by atoms with Crippen LogP contribution in [0.15, 0.2) is 47.8 Å². The van der Waals surface area contributed by atoms with E-state index in [9.17, 15) is 9.30 Å². The number of fused-ring (bicyclic) bond motifs is 1. The first-order valence-electron chi connectivity index (χ1n) is 7.90. The molecule has 0 aliphatic carbocycles. The number of nitroso groups, excluding NO2 is 1. The van der Waals surface area contributed by atoms with Gasteiger partial charge in [0.25, 0.3) is 0 Å². The third-order valence-corrected chi connectivity index (χ3v) is 4.03. The molecule has 4 aromatic rings. The number of hydrogen-bond donors (Lipinski definition) is 2. The fourth-order valence-corrected chi connectivity index (χ4v) is 2.76. The van der Waals surface area contributed by atoms with Gasteiger partial charge in [-0.3, -0.25) is 0 Å². The second kappa shape index (κ2) is 6.41. The largest absolute Gasteiger partial charge is 0.382 e. The Morgan fingerprint density at radius 2 is 1.81 bits per heavy atom. The summed E-state index contributed by atoms with van der Waals surface area (Å²) in [6, 6.07) is 9.92. The first-order valence-corrected chi connectivity index (χ1v) is 7.90. The van der Waals surface area contributed by atoms with Crippen LogP contribution in [0.25, 0.3) is 22.6 Å². The summed E-state index contributed by atoms with van der Waals surface area (Å²) in [5.74, 6) is -0.506. The van der Waals surface area contributed by atoms with Gasteiger partial charge in [0, 0.05) is 11.8 Å². The molecule has 0 atom stereocenters. The number of hydrogen-bond acceptors (Lipinski definition) is 8. The van der Waals surface area contributed by atoms with Crippen LogP contribution in [-0.2, 0) is 6.54 Å². The quantitative estimate of drug-likeness (QED) is 0.531. The molecule has 1 aromatic carbocycles. The molecule has 4 N–H and O–H groups in total. The molecule has 27 heavy (non-hydrogen) atoms. The molecule has 9 nitrogen and oxygen atoms in total. The van der Waals surface area contributed by atoms with Crippen molar-refractivity contribution < 1.29 is 4.39 Å². The molecule has 0 radical (unpaired) electrons. The van der Waals surface area contributed by atoms with E-state index in [1.807, 2.05) is 0 Å². The van der Waals surface area contributed by atoms with Gasteiger partial charge in [0.1, 0.15) is 11.5 Å². The summed E-state index contributed by atoms with van der Waals surface area (Å²) in [4.78, 5) is 23.3. The second-order valence-electron chi connectivity index (χ2n) is 5.73. The van der Waals surface area contributed by atoms with Crippen LogP contribution in [0.4, 0.5) is 21.7 Å². The summed E-state index contributed by atoms with van der Waals surface area (Å²) < 4.78 is 15.6. The Hall–Kier alpha value is -3.95. The van der Waals surface area contributed by atoms with Crippen LogP contribution < -0.4 is 11.5 Å². The zero-order chi connectivity index (χ0) is 19.0. The first-order chi connectivity index (χ1) is 13.1. The Bertz CT molecular complexity index is 1150. The minimum Gasteiger partial charge on any atom is -0.382 e. The van der Waals surface area contributed by atoms with Crippen molar-refractivity contribution in [1.29, 1.82) is 0 Å². The van der Waals surface area contributed by atoms with Crippen LogP contribution in [0.5, 0.6) is 0 Å². The molecular formula is C17H13FN8O. The van der Waals surface area contributed by atoms with Crippen molar-refractivity contribution in [2.24, 2.45) is 5.18 Å². The maximum absolute atomic E-state index is 14.0. The molecule has 0 aliphatic heterocycles. The van der Waals surface area contributed by atoms with Gasteiger partial charge in [-0.2, -0.15) is 5.10 Å². The molecule has 0 saturated heterocycles. The number of benzene rings is 1. The normalized spacial score (nSPS) is 11.0. The Morgan fingerprint density at radius 3 is 2.52 bits per heavy atom. The molecule has 0 bridgehead atoms. The van der Waals surface area contributed by atoms with Crippen LogP contribution in [-0.4, -0.2) is 24.7 Å². The van der Waals surface area contributed by atoms with E-state index in [1.54, 1.807) is 41.2 Å². The number of nitrogens with two attached hydrogens (primary N) is 2. The highest BCUT2D eigenvalue weighted by molar-refractivity contribution is 5.90. The summed E-state index contributed by atoms with van der Waals surface area (Å²) in [7, 11) is 0. The van der Waals surface area contributed by atoms with Gasteiger partial charge in [-0.15, -0.1) is 4.91 Å². The number of nitrogen functional groups attached to an aromatic ring is 2. The van der Waals surface area contributed by atoms with Crippen molar-refractivity contribution in [2.75, 3.05) is 11.5 Å². The van der Waals surface area contributed by atoms with Crippen LogP contribution in [0, 0.1) is 10.7 Å². The molecule has 0 spiro atoms. The third kappa shape index (κ3) is 2.82. The fraction of sp³-hybridized carbons (Fsp3) is 0.0588. The zero-order valence-electron chi connectivity index (χ0n) is 13.9. The van der Waals surface area contributed by atoms with Crippen molar-refractivity contribution in [3.05, 3.63) is 58.9 Å². The van der Waals surface area contributed by atoms with Crippen molar-refractivity contribution in [1.82, 2.24) is 24.7 Å². The monoisotopic (exact) mass is 364 g/mol. The summed E-state index contributed by atoms with van der Waals surface area (Å²) in [6.07, 6.45) is 1.61. The lowest BCUT2D eigenvalue weighted by Crippen LogP contribution is -2.05. The minimum atomic E-state index is -0.343. The van der Waals surface area contributed by atoms with E-state index < -0.39 is 0 Å². The van der Waals surface area contributed by atoms with E-state index in [0.717, 1.165) is 0 Å². The molecule has 134 valence electrons. The molecular weight excluding hydrogens is 351 g/mol. The smallest absolute Gasteiger partial charge is 0.192 e. The predicted molar refractivity (Wildman–Crippen MR) is 98.3 cm³/mol. The van der Waals surface area contributed by atoms with Crippen LogP contribution in [0.3, 0.4) is 0 Å². The first kappa shape index (κ1) is 16.5. The van der Waals surface area contributed by atoms with E-state index in [1.165, 1.54) is 6.07 Å². The minimum absolute atomic E-state index is 0.127. The lowest BCUT2D eigenvalue weighted by atomic mass is 10.2. The number of halogens is 1. The number of nitrogens with zero attached hydrogens (tertiary/aromatic N) is 6. The Morgan fingerprint density at radius 1 is 1.07 bits per heavy atom. The maximum atomic E-state index is 14.0. The Labute approximate surface area is 151 Å². The van der Waals surface area contributed by atoms with Crippen molar-refractivity contribution in [2.45, 2.75) is 6.54 Å². The highest BCUT2D eigenvalue weighted by atomic mass is 19.1. The summed E-state index contributed by atoms with van der Waals surface area (Å²) in [5, 5.41) is 7.85. The zero-order valence-corrected chi connectivity index (χ0v) is 13.9. The Balaban J connectivity index is 1.88. The molecule has 0 unspecified atom stereocenters. The lowest BCUT2D eigenvalue weighted by Gasteiger charge is -2.04. The van der Waals surface area contributed by atoms with E-state index >= 15 is 0 Å². The molecule has 0 aliphatic rings. The lowest BCUT2D eigenvalue weighted by molar-refractivity contribution is 0.589. The molecule has 0 amide bonds. The number of pyridine rings is 1. The van der Waals surface area contributed by atoms with Gasteiger partial charge < -0.3 is 11.5 Å². The summed E-state index contributed by atoms with van der Waals surface area (Å²) in [5.41, 5.74) is 12.6. The van der Waals surface area contributed by atoms with E-state index in [0.29, 0.717) is 22.3 Å². The van der Waals surface area contributed by atoms with Crippen molar-refractivity contribution >= 4 is 28.4 Å². The Kier molecular flexibility index (Phi) is 3.92. The summed E-state index contributed by atoms with van der Waals surface area (Å²) in [6.45, 7) is 0.166. The average molecular weight is 364 g/mol. The highest BCUT2D eigenvalue weighted by Crippen LogP contribution is 2.31. The summed E-state index contributed by atoms with van der Waals surface area (Å²) >= 11 is 0. The van der Waals surface area contributed by atoms with Gasteiger partial charge in [0.2, 0.25) is 0 Å². The van der Waals surface area contributed by atoms with E-state index in [-0.39, 0.29) is 35.5 Å². The number of anilines is 2. The van der Waals surface area contributed by atoms with Gasteiger partial charge in [-0.1, -0.05) is 18.2 Å². The SMILES string of the molecule is Nc1nc(-c2nn(Cc3ccccc3F)c3ncccc23)nc(N)c1N=O. The second-order valence-corrected chi connectivity index (χ2v) is 5.73. The molecule has 0 fully saturated rings.